The summed E-state index contributed by atoms with van der Waals surface area (Å²) in [5, 5.41) is 12.3. The maximum Gasteiger partial charge on any atom is 0.255 e. The lowest BCUT2D eigenvalue weighted by molar-refractivity contribution is 0.102. The Kier molecular flexibility index (Phi) is 4.20. The number of carbonyl (C=O) groups is 1. The summed E-state index contributed by atoms with van der Waals surface area (Å²) in [6.45, 7) is 1.88. The van der Waals surface area contributed by atoms with Gasteiger partial charge in [-0.3, -0.25) is 4.79 Å². The van der Waals surface area contributed by atoms with Gasteiger partial charge in [0, 0.05) is 16.3 Å². The zero-order chi connectivity index (χ0) is 13.8. The number of carbonyl (C=O) groups excluding carboxylic acids is 1. The lowest BCUT2D eigenvalue weighted by atomic mass is 10.1. The predicted octanol–water partition coefficient (Wildman–Crippen LogP) is 3.39. The van der Waals surface area contributed by atoms with Crippen molar-refractivity contribution in [3.63, 3.8) is 0 Å². The van der Waals surface area contributed by atoms with Crippen molar-refractivity contribution in [2.24, 2.45) is 0 Å². The Labute approximate surface area is 116 Å². The van der Waals surface area contributed by atoms with Gasteiger partial charge in [-0.15, -0.1) is 0 Å². The molecule has 0 spiro atoms. The van der Waals surface area contributed by atoms with Gasteiger partial charge in [0.25, 0.3) is 5.91 Å². The third-order valence-corrected chi connectivity index (χ3v) is 2.92. The van der Waals surface area contributed by atoms with Gasteiger partial charge >= 0.3 is 0 Å². The summed E-state index contributed by atoms with van der Waals surface area (Å²) in [7, 11) is 0. The first-order valence-electron chi connectivity index (χ1n) is 5.87. The van der Waals surface area contributed by atoms with Gasteiger partial charge in [-0.2, -0.15) is 0 Å². The second kappa shape index (κ2) is 5.87. The highest BCUT2D eigenvalue weighted by Gasteiger charge is 2.07. The fraction of sp³-hybridized carbons (Fsp3) is 0.133. The first kappa shape index (κ1) is 13.6. The van der Waals surface area contributed by atoms with Crippen LogP contribution in [0.3, 0.4) is 0 Å². The number of nitrogens with one attached hydrogen (secondary N) is 1. The van der Waals surface area contributed by atoms with Crippen LogP contribution in [0.25, 0.3) is 0 Å². The minimum Gasteiger partial charge on any atom is -0.392 e. The van der Waals surface area contributed by atoms with E-state index in [1.807, 2.05) is 6.92 Å². The number of hydrogen-bond acceptors (Lipinski definition) is 2. The monoisotopic (exact) mass is 275 g/mol. The third kappa shape index (κ3) is 3.56. The van der Waals surface area contributed by atoms with E-state index in [9.17, 15) is 4.79 Å². The van der Waals surface area contributed by atoms with Gasteiger partial charge in [0.15, 0.2) is 0 Å². The highest BCUT2D eigenvalue weighted by atomic mass is 35.5. The van der Waals surface area contributed by atoms with Crippen molar-refractivity contribution in [2.75, 3.05) is 5.32 Å². The van der Waals surface area contributed by atoms with Crippen LogP contribution in [-0.4, -0.2) is 11.0 Å². The van der Waals surface area contributed by atoms with Crippen LogP contribution in [-0.2, 0) is 6.61 Å². The molecule has 2 rings (SSSR count). The largest absolute Gasteiger partial charge is 0.392 e. The molecule has 0 aliphatic rings. The molecule has 0 bridgehead atoms. The molecule has 0 heterocycles. The quantitative estimate of drug-likeness (QED) is 0.902. The fourth-order valence-corrected chi connectivity index (χ4v) is 2.05. The number of aryl methyl sites for hydroxylation is 1. The number of hydrogen-bond donors (Lipinski definition) is 2. The van der Waals surface area contributed by atoms with Gasteiger partial charge in [0.1, 0.15) is 0 Å². The molecule has 2 aromatic carbocycles. The van der Waals surface area contributed by atoms with E-state index in [-0.39, 0.29) is 12.5 Å². The van der Waals surface area contributed by atoms with Crippen molar-refractivity contribution in [3.8, 4) is 0 Å². The molecule has 4 heteroatoms. The van der Waals surface area contributed by atoms with Crippen LogP contribution >= 0.6 is 11.6 Å². The molecule has 0 aliphatic heterocycles. The Morgan fingerprint density at radius 1 is 1.21 bits per heavy atom. The first-order valence-corrected chi connectivity index (χ1v) is 6.24. The van der Waals surface area contributed by atoms with E-state index in [1.165, 1.54) is 0 Å². The van der Waals surface area contributed by atoms with Gasteiger partial charge in [0.2, 0.25) is 0 Å². The van der Waals surface area contributed by atoms with E-state index >= 15 is 0 Å². The van der Waals surface area contributed by atoms with Gasteiger partial charge in [-0.05, 0) is 48.4 Å². The van der Waals surface area contributed by atoms with Gasteiger partial charge in [0.05, 0.1) is 6.61 Å². The van der Waals surface area contributed by atoms with Crippen LogP contribution in [0.15, 0.2) is 42.5 Å². The van der Waals surface area contributed by atoms with Gasteiger partial charge < -0.3 is 10.4 Å². The van der Waals surface area contributed by atoms with Crippen LogP contribution in [0.2, 0.25) is 5.02 Å². The second-order valence-corrected chi connectivity index (χ2v) is 4.76. The lowest BCUT2D eigenvalue weighted by Crippen LogP contribution is -2.12. The predicted molar refractivity (Wildman–Crippen MR) is 76.5 cm³/mol. The van der Waals surface area contributed by atoms with E-state index < -0.39 is 0 Å². The summed E-state index contributed by atoms with van der Waals surface area (Å²) in [6.07, 6.45) is 0. The van der Waals surface area contributed by atoms with Crippen LogP contribution in [0.5, 0.6) is 0 Å². The van der Waals surface area contributed by atoms with Gasteiger partial charge in [-0.1, -0.05) is 23.7 Å². The Morgan fingerprint density at radius 2 is 1.89 bits per heavy atom. The van der Waals surface area contributed by atoms with Crippen molar-refractivity contribution in [2.45, 2.75) is 13.5 Å². The first-order chi connectivity index (χ1) is 9.08. The topological polar surface area (TPSA) is 49.3 Å². The summed E-state index contributed by atoms with van der Waals surface area (Å²) < 4.78 is 0. The summed E-state index contributed by atoms with van der Waals surface area (Å²) in [4.78, 5) is 12.1. The molecule has 0 aromatic heterocycles. The third-order valence-electron chi connectivity index (χ3n) is 2.70. The molecule has 0 fully saturated rings. The van der Waals surface area contributed by atoms with E-state index in [1.54, 1.807) is 42.5 Å². The lowest BCUT2D eigenvalue weighted by Gasteiger charge is -2.07. The Balaban J connectivity index is 2.15. The smallest absolute Gasteiger partial charge is 0.255 e. The molecule has 0 atom stereocenters. The molecular formula is C15H14ClNO2. The highest BCUT2D eigenvalue weighted by molar-refractivity contribution is 6.31. The van der Waals surface area contributed by atoms with Crippen LogP contribution in [0, 0.1) is 6.92 Å². The number of halogens is 1. The molecule has 3 nitrogen and oxygen atoms in total. The highest BCUT2D eigenvalue weighted by Crippen LogP contribution is 2.16. The van der Waals surface area contributed by atoms with E-state index in [0.717, 1.165) is 11.1 Å². The molecule has 2 N–H and O–H groups in total. The molecule has 0 radical (unpaired) electrons. The van der Waals surface area contributed by atoms with Crippen molar-refractivity contribution < 1.29 is 9.90 Å². The SMILES string of the molecule is Cc1cc(Cl)cc(C(=O)Nc2ccc(CO)cc2)c1. The minimum absolute atomic E-state index is 0.0122. The standard InChI is InChI=1S/C15H14ClNO2/c1-10-6-12(8-13(16)7-10)15(19)17-14-4-2-11(9-18)3-5-14/h2-8,18H,9H2,1H3,(H,17,19). The van der Waals surface area contributed by atoms with Crippen LogP contribution < -0.4 is 5.32 Å². The number of aliphatic hydroxyl groups is 1. The Bertz CT molecular complexity index is 573. The minimum atomic E-state index is -0.206. The summed E-state index contributed by atoms with van der Waals surface area (Å²) >= 11 is 5.93. The number of anilines is 1. The number of amides is 1. The molecular weight excluding hydrogens is 262 g/mol. The number of aliphatic hydroxyl groups excluding tert-OH is 1. The average Bonchev–Trinajstić information content (AvgIpc) is 2.38. The molecule has 0 saturated carbocycles. The average molecular weight is 276 g/mol. The number of rotatable bonds is 3. The maximum atomic E-state index is 12.1. The summed E-state index contributed by atoms with van der Waals surface area (Å²) in [5.74, 6) is -0.206. The second-order valence-electron chi connectivity index (χ2n) is 4.33. The van der Waals surface area contributed by atoms with Crippen LogP contribution in [0.4, 0.5) is 5.69 Å². The molecule has 0 aliphatic carbocycles. The van der Waals surface area contributed by atoms with E-state index in [0.29, 0.717) is 16.3 Å². The zero-order valence-electron chi connectivity index (χ0n) is 10.5. The van der Waals surface area contributed by atoms with Gasteiger partial charge in [-0.25, -0.2) is 0 Å². The molecule has 98 valence electrons. The van der Waals surface area contributed by atoms with Crippen molar-refractivity contribution in [3.05, 3.63) is 64.2 Å². The fourth-order valence-electron chi connectivity index (χ4n) is 1.76. The van der Waals surface area contributed by atoms with Crippen molar-refractivity contribution in [1.29, 1.82) is 0 Å². The Hall–Kier alpha value is -1.84. The van der Waals surface area contributed by atoms with Crippen molar-refractivity contribution in [1.82, 2.24) is 0 Å². The summed E-state index contributed by atoms with van der Waals surface area (Å²) in [6, 6.07) is 12.2. The molecule has 0 saturated heterocycles. The van der Waals surface area contributed by atoms with Crippen LogP contribution in [0.1, 0.15) is 21.5 Å². The molecule has 19 heavy (non-hydrogen) atoms. The number of benzene rings is 2. The molecule has 1 amide bonds. The zero-order valence-corrected chi connectivity index (χ0v) is 11.2. The van der Waals surface area contributed by atoms with E-state index in [4.69, 9.17) is 16.7 Å². The maximum absolute atomic E-state index is 12.1. The van der Waals surface area contributed by atoms with E-state index in [2.05, 4.69) is 5.32 Å². The Morgan fingerprint density at radius 3 is 2.47 bits per heavy atom. The molecule has 2 aromatic rings. The normalized spacial score (nSPS) is 10.3. The summed E-state index contributed by atoms with van der Waals surface area (Å²) in [5.41, 5.74) is 2.95. The van der Waals surface area contributed by atoms with Crippen molar-refractivity contribution >= 4 is 23.2 Å². The molecule has 0 unspecified atom stereocenters.